The number of hydrogen-bond donors (Lipinski definition) is 0. The van der Waals surface area contributed by atoms with Crippen LogP contribution in [-0.2, 0) is 17.2 Å². The van der Waals surface area contributed by atoms with E-state index in [9.17, 15) is 17.4 Å². The number of aryl methyl sites for hydroxylation is 1. The van der Waals surface area contributed by atoms with Crippen molar-refractivity contribution in [1.29, 1.82) is 0 Å². The van der Waals surface area contributed by atoms with Crippen molar-refractivity contribution in [3.63, 3.8) is 0 Å². The fourth-order valence-electron chi connectivity index (χ4n) is 2.36. The third-order valence-electron chi connectivity index (χ3n) is 3.43. The number of aromatic nitrogens is 1. The van der Waals surface area contributed by atoms with E-state index in [1.54, 1.807) is 49.5 Å². The molecule has 6 heteroatoms. The Kier molecular flexibility index (Phi) is 3.56. The Morgan fingerprint density at radius 1 is 1.05 bits per heavy atom. The number of rotatable bonds is 2. The van der Waals surface area contributed by atoms with Gasteiger partial charge in [-0.1, -0.05) is 18.2 Å². The van der Waals surface area contributed by atoms with Gasteiger partial charge in [-0.25, -0.2) is 4.21 Å². The highest BCUT2D eigenvalue weighted by molar-refractivity contribution is 7.83. The van der Waals surface area contributed by atoms with Crippen LogP contribution in [0.4, 0.5) is 13.2 Å². The van der Waals surface area contributed by atoms with Crippen LogP contribution in [0.5, 0.6) is 0 Å². The maximum atomic E-state index is 13.0. The summed E-state index contributed by atoms with van der Waals surface area (Å²) in [5, 5.41) is 0.664. The van der Waals surface area contributed by atoms with E-state index in [2.05, 4.69) is 0 Å². The zero-order valence-electron chi connectivity index (χ0n) is 11.6. The van der Waals surface area contributed by atoms with E-state index in [0.717, 1.165) is 12.1 Å². The van der Waals surface area contributed by atoms with Gasteiger partial charge in [0.15, 0.2) is 11.0 Å². The summed E-state index contributed by atoms with van der Waals surface area (Å²) in [7, 11) is -1.58. The van der Waals surface area contributed by atoms with E-state index in [-0.39, 0.29) is 0 Å². The minimum absolute atomic E-state index is 0.314. The lowest BCUT2D eigenvalue weighted by Crippen LogP contribution is -2.07. The standard InChI is InChI=1S/C16H12F3NOS/c1-11-9-12(16(17,18)19)10-15-14(11)7-8-20(15)22(21)13-5-3-2-4-6-13/h2-10H,1H3. The molecule has 1 atom stereocenters. The molecule has 3 rings (SSSR count). The second-order valence-electron chi connectivity index (χ2n) is 4.93. The Hall–Kier alpha value is -2.08. The molecule has 0 fully saturated rings. The summed E-state index contributed by atoms with van der Waals surface area (Å²) in [6.07, 6.45) is -2.87. The molecule has 0 aliphatic rings. The average Bonchev–Trinajstić information content (AvgIpc) is 2.91. The van der Waals surface area contributed by atoms with Gasteiger partial charge in [0.2, 0.25) is 0 Å². The minimum atomic E-state index is -4.43. The Balaban J connectivity index is 2.19. The zero-order valence-corrected chi connectivity index (χ0v) is 12.4. The molecule has 2 aromatic carbocycles. The van der Waals surface area contributed by atoms with Crippen molar-refractivity contribution in [2.45, 2.75) is 18.0 Å². The third kappa shape index (κ3) is 2.54. The van der Waals surface area contributed by atoms with Crippen molar-refractivity contribution < 1.29 is 17.4 Å². The zero-order chi connectivity index (χ0) is 15.9. The smallest absolute Gasteiger partial charge is 0.263 e. The van der Waals surface area contributed by atoms with Gasteiger partial charge >= 0.3 is 6.18 Å². The lowest BCUT2D eigenvalue weighted by Gasteiger charge is -2.11. The molecule has 0 aliphatic heterocycles. The summed E-state index contributed by atoms with van der Waals surface area (Å²) in [6, 6.07) is 12.5. The molecule has 0 spiro atoms. The molecular weight excluding hydrogens is 311 g/mol. The first kappa shape index (κ1) is 14.8. The molecule has 22 heavy (non-hydrogen) atoms. The number of benzene rings is 2. The van der Waals surface area contributed by atoms with Crippen LogP contribution < -0.4 is 0 Å². The van der Waals surface area contributed by atoms with Gasteiger partial charge in [0, 0.05) is 11.6 Å². The number of halogens is 3. The molecule has 1 heterocycles. The molecule has 114 valence electrons. The summed E-state index contributed by atoms with van der Waals surface area (Å²) in [5.41, 5.74) is 0.0886. The quantitative estimate of drug-likeness (QED) is 0.679. The maximum Gasteiger partial charge on any atom is 0.416 e. The fraction of sp³-hybridized carbons (Fsp3) is 0.125. The molecule has 0 saturated carbocycles. The van der Waals surface area contributed by atoms with Gasteiger partial charge in [-0.05, 0) is 42.8 Å². The van der Waals surface area contributed by atoms with Crippen LogP contribution in [0.1, 0.15) is 11.1 Å². The Bertz CT molecular complexity index is 853. The molecule has 0 bridgehead atoms. The highest BCUT2D eigenvalue weighted by atomic mass is 32.2. The van der Waals surface area contributed by atoms with Gasteiger partial charge in [0.1, 0.15) is 0 Å². The molecule has 0 aliphatic carbocycles. The molecule has 0 amide bonds. The first-order chi connectivity index (χ1) is 10.4. The van der Waals surface area contributed by atoms with Crippen LogP contribution in [0, 0.1) is 6.92 Å². The highest BCUT2D eigenvalue weighted by Gasteiger charge is 2.31. The van der Waals surface area contributed by atoms with Crippen LogP contribution in [0.2, 0.25) is 0 Å². The van der Waals surface area contributed by atoms with Gasteiger partial charge in [-0.2, -0.15) is 13.2 Å². The highest BCUT2D eigenvalue weighted by Crippen LogP contribution is 2.34. The maximum absolute atomic E-state index is 13.0. The Labute approximate surface area is 127 Å². The fourth-order valence-corrected chi connectivity index (χ4v) is 3.48. The second-order valence-corrected chi connectivity index (χ2v) is 6.29. The Morgan fingerprint density at radius 2 is 1.73 bits per heavy atom. The lowest BCUT2D eigenvalue weighted by molar-refractivity contribution is -0.137. The topological polar surface area (TPSA) is 22.0 Å². The summed E-state index contributed by atoms with van der Waals surface area (Å²) >= 11 is 0. The molecule has 3 aromatic rings. The molecule has 1 unspecified atom stereocenters. The van der Waals surface area contributed by atoms with Gasteiger partial charge in [0.05, 0.1) is 16.0 Å². The third-order valence-corrected chi connectivity index (χ3v) is 4.78. The summed E-state index contributed by atoms with van der Waals surface area (Å²) in [5.74, 6) is 0. The first-order valence-corrected chi connectivity index (χ1v) is 7.65. The molecule has 1 aromatic heterocycles. The number of fused-ring (bicyclic) bond motifs is 1. The number of nitrogens with zero attached hydrogens (tertiary/aromatic N) is 1. The Morgan fingerprint density at radius 3 is 2.36 bits per heavy atom. The van der Waals surface area contributed by atoms with Gasteiger partial charge < -0.3 is 0 Å². The van der Waals surface area contributed by atoms with Gasteiger partial charge in [0.25, 0.3) is 0 Å². The van der Waals surface area contributed by atoms with Crippen molar-refractivity contribution >= 4 is 21.9 Å². The van der Waals surface area contributed by atoms with E-state index in [1.165, 1.54) is 3.97 Å². The van der Waals surface area contributed by atoms with Crippen LogP contribution >= 0.6 is 0 Å². The van der Waals surface area contributed by atoms with Crippen LogP contribution in [-0.4, -0.2) is 8.18 Å². The molecular formula is C16H12F3NOS. The normalized spacial score (nSPS) is 13.5. The average molecular weight is 323 g/mol. The van der Waals surface area contributed by atoms with Crippen molar-refractivity contribution in [2.75, 3.05) is 0 Å². The predicted molar refractivity (Wildman–Crippen MR) is 79.9 cm³/mol. The van der Waals surface area contributed by atoms with Crippen molar-refractivity contribution in [2.24, 2.45) is 0 Å². The van der Waals surface area contributed by atoms with Crippen molar-refractivity contribution in [3.8, 4) is 0 Å². The van der Waals surface area contributed by atoms with Gasteiger partial charge in [-0.3, -0.25) is 3.97 Å². The largest absolute Gasteiger partial charge is 0.416 e. The second kappa shape index (κ2) is 5.28. The SMILES string of the molecule is Cc1cc(C(F)(F)F)cc2c1ccn2S(=O)c1ccccc1. The minimum Gasteiger partial charge on any atom is -0.263 e. The number of hydrogen-bond acceptors (Lipinski definition) is 1. The van der Waals surface area contributed by atoms with E-state index < -0.39 is 22.7 Å². The molecule has 0 saturated heterocycles. The summed E-state index contributed by atoms with van der Waals surface area (Å²) in [6.45, 7) is 1.62. The lowest BCUT2D eigenvalue weighted by atomic mass is 10.1. The van der Waals surface area contributed by atoms with Gasteiger partial charge in [-0.15, -0.1) is 0 Å². The monoisotopic (exact) mass is 323 g/mol. The first-order valence-electron chi connectivity index (χ1n) is 6.54. The summed E-state index contributed by atoms with van der Waals surface area (Å²) < 4.78 is 52.9. The van der Waals surface area contributed by atoms with Crippen molar-refractivity contribution in [3.05, 3.63) is 65.9 Å². The van der Waals surface area contributed by atoms with Crippen LogP contribution in [0.15, 0.2) is 59.6 Å². The van der Waals surface area contributed by atoms with Crippen LogP contribution in [0.3, 0.4) is 0 Å². The molecule has 2 nitrogen and oxygen atoms in total. The van der Waals surface area contributed by atoms with Crippen LogP contribution in [0.25, 0.3) is 10.9 Å². The molecule has 0 N–H and O–H groups in total. The van der Waals surface area contributed by atoms with E-state index in [1.807, 2.05) is 0 Å². The predicted octanol–water partition coefficient (Wildman–Crippen LogP) is 4.54. The summed E-state index contributed by atoms with van der Waals surface area (Å²) in [4.78, 5) is 0.537. The van der Waals surface area contributed by atoms with E-state index in [0.29, 0.717) is 21.4 Å². The number of alkyl halides is 3. The molecule has 0 radical (unpaired) electrons. The van der Waals surface area contributed by atoms with E-state index in [4.69, 9.17) is 0 Å². The van der Waals surface area contributed by atoms with E-state index >= 15 is 0 Å². The van der Waals surface area contributed by atoms with Crippen molar-refractivity contribution in [1.82, 2.24) is 3.97 Å².